The van der Waals surface area contributed by atoms with Crippen LogP contribution in [0.15, 0.2) is 6.20 Å². The molecule has 114 valence electrons. The second kappa shape index (κ2) is 7.09. The monoisotopic (exact) mass is 282 g/mol. The van der Waals surface area contributed by atoms with E-state index in [4.69, 9.17) is 4.74 Å². The standard InChI is InChI=1S/C15H26N2O3/c1-3-9-17-13(12(20-2)10-16-17)15(19)14(18)11-7-5-4-6-8-11/h10-11,14-15,18-19H,3-9H2,1-2H3. The molecule has 2 rings (SSSR count). The van der Waals surface area contributed by atoms with Crippen LogP contribution in [0.5, 0.6) is 5.75 Å². The van der Waals surface area contributed by atoms with Gasteiger partial charge < -0.3 is 14.9 Å². The zero-order chi connectivity index (χ0) is 14.5. The number of aryl methyl sites for hydroxylation is 1. The predicted octanol–water partition coefficient (Wildman–Crippen LogP) is 2.28. The summed E-state index contributed by atoms with van der Waals surface area (Å²) >= 11 is 0. The molecule has 2 N–H and O–H groups in total. The molecule has 1 heterocycles. The van der Waals surface area contributed by atoms with E-state index in [0.717, 1.165) is 32.1 Å². The number of ether oxygens (including phenoxy) is 1. The summed E-state index contributed by atoms with van der Waals surface area (Å²) in [5.74, 6) is 0.731. The maximum atomic E-state index is 10.6. The van der Waals surface area contributed by atoms with Crippen molar-refractivity contribution < 1.29 is 14.9 Å². The number of aromatic nitrogens is 2. The number of nitrogens with zero attached hydrogens (tertiary/aromatic N) is 2. The SMILES string of the molecule is CCCn1ncc(OC)c1C(O)C(O)C1CCCCC1. The molecule has 1 aliphatic carbocycles. The zero-order valence-electron chi connectivity index (χ0n) is 12.5. The van der Waals surface area contributed by atoms with E-state index in [9.17, 15) is 10.2 Å². The van der Waals surface area contributed by atoms with Gasteiger partial charge in [0.25, 0.3) is 0 Å². The first kappa shape index (κ1) is 15.3. The highest BCUT2D eigenvalue weighted by atomic mass is 16.5. The third kappa shape index (κ3) is 3.15. The van der Waals surface area contributed by atoms with Crippen LogP contribution in [-0.4, -0.2) is 33.2 Å². The quantitative estimate of drug-likeness (QED) is 0.840. The molecule has 1 fully saturated rings. The molecule has 0 spiro atoms. The Labute approximate surface area is 120 Å². The fraction of sp³-hybridized carbons (Fsp3) is 0.800. The summed E-state index contributed by atoms with van der Waals surface area (Å²) in [6, 6.07) is 0. The van der Waals surface area contributed by atoms with Crippen molar-refractivity contribution in [3.05, 3.63) is 11.9 Å². The summed E-state index contributed by atoms with van der Waals surface area (Å²) in [4.78, 5) is 0. The Morgan fingerprint density at radius 2 is 2.05 bits per heavy atom. The third-order valence-electron chi connectivity index (χ3n) is 4.24. The van der Waals surface area contributed by atoms with Crippen LogP contribution in [0, 0.1) is 5.92 Å². The van der Waals surface area contributed by atoms with Gasteiger partial charge in [0.15, 0.2) is 5.75 Å². The summed E-state index contributed by atoms with van der Waals surface area (Å²) in [5, 5.41) is 25.3. The van der Waals surface area contributed by atoms with Crippen LogP contribution in [0.3, 0.4) is 0 Å². The topological polar surface area (TPSA) is 67.5 Å². The summed E-state index contributed by atoms with van der Waals surface area (Å²) in [6.45, 7) is 2.77. The Morgan fingerprint density at radius 3 is 2.65 bits per heavy atom. The van der Waals surface area contributed by atoms with E-state index >= 15 is 0 Å². The molecule has 2 unspecified atom stereocenters. The molecule has 0 aliphatic heterocycles. The van der Waals surface area contributed by atoms with Crippen molar-refractivity contribution >= 4 is 0 Å². The van der Waals surface area contributed by atoms with Gasteiger partial charge in [-0.3, -0.25) is 4.68 Å². The van der Waals surface area contributed by atoms with Crippen molar-refractivity contribution in [3.8, 4) is 5.75 Å². The van der Waals surface area contributed by atoms with Crippen molar-refractivity contribution in [2.24, 2.45) is 5.92 Å². The van der Waals surface area contributed by atoms with E-state index in [1.807, 2.05) is 0 Å². The Kier molecular flexibility index (Phi) is 5.43. The summed E-state index contributed by atoms with van der Waals surface area (Å²) < 4.78 is 7.02. The lowest BCUT2D eigenvalue weighted by Gasteiger charge is -2.30. The molecular formula is C15H26N2O3. The lowest BCUT2D eigenvalue weighted by atomic mass is 9.82. The van der Waals surface area contributed by atoms with Crippen molar-refractivity contribution in [2.75, 3.05) is 7.11 Å². The first-order valence-electron chi connectivity index (χ1n) is 7.64. The fourth-order valence-electron chi connectivity index (χ4n) is 3.12. The van der Waals surface area contributed by atoms with E-state index in [2.05, 4.69) is 12.0 Å². The first-order chi connectivity index (χ1) is 9.69. The molecule has 2 atom stereocenters. The predicted molar refractivity (Wildman–Crippen MR) is 76.6 cm³/mol. The lowest BCUT2D eigenvalue weighted by Crippen LogP contribution is -2.31. The van der Waals surface area contributed by atoms with Crippen LogP contribution in [-0.2, 0) is 6.54 Å². The van der Waals surface area contributed by atoms with Gasteiger partial charge in [-0.05, 0) is 25.2 Å². The van der Waals surface area contributed by atoms with Crippen LogP contribution >= 0.6 is 0 Å². The van der Waals surface area contributed by atoms with Crippen molar-refractivity contribution in [1.29, 1.82) is 0 Å². The Hall–Kier alpha value is -1.07. The maximum absolute atomic E-state index is 10.6. The highest BCUT2D eigenvalue weighted by Crippen LogP contribution is 2.35. The minimum atomic E-state index is -0.929. The average Bonchev–Trinajstić information content (AvgIpc) is 2.90. The van der Waals surface area contributed by atoms with Crippen LogP contribution in [0.2, 0.25) is 0 Å². The van der Waals surface area contributed by atoms with Crippen LogP contribution in [0.1, 0.15) is 57.2 Å². The van der Waals surface area contributed by atoms with Crippen molar-refractivity contribution in [2.45, 2.75) is 64.2 Å². The molecule has 0 aromatic carbocycles. The molecule has 20 heavy (non-hydrogen) atoms. The van der Waals surface area contributed by atoms with E-state index in [-0.39, 0.29) is 5.92 Å². The van der Waals surface area contributed by atoms with Crippen LogP contribution in [0.25, 0.3) is 0 Å². The second-order valence-corrected chi connectivity index (χ2v) is 5.65. The number of hydrogen-bond donors (Lipinski definition) is 2. The fourth-order valence-corrected chi connectivity index (χ4v) is 3.12. The zero-order valence-corrected chi connectivity index (χ0v) is 12.5. The lowest BCUT2D eigenvalue weighted by molar-refractivity contribution is -0.0335. The van der Waals surface area contributed by atoms with Gasteiger partial charge in [0.2, 0.25) is 0 Å². The van der Waals surface area contributed by atoms with E-state index in [1.54, 1.807) is 18.0 Å². The highest BCUT2D eigenvalue weighted by molar-refractivity contribution is 5.28. The largest absolute Gasteiger partial charge is 0.493 e. The van der Waals surface area contributed by atoms with E-state index in [0.29, 0.717) is 18.0 Å². The second-order valence-electron chi connectivity index (χ2n) is 5.65. The Balaban J connectivity index is 2.17. The summed E-state index contributed by atoms with van der Waals surface area (Å²) in [6.07, 6.45) is 6.35. The smallest absolute Gasteiger partial charge is 0.162 e. The highest BCUT2D eigenvalue weighted by Gasteiger charge is 2.32. The van der Waals surface area contributed by atoms with Gasteiger partial charge in [0.05, 0.1) is 19.4 Å². The van der Waals surface area contributed by atoms with Crippen molar-refractivity contribution in [3.63, 3.8) is 0 Å². The van der Waals surface area contributed by atoms with Crippen molar-refractivity contribution in [1.82, 2.24) is 9.78 Å². The molecule has 0 amide bonds. The van der Waals surface area contributed by atoms with E-state index in [1.165, 1.54) is 6.42 Å². The Morgan fingerprint density at radius 1 is 1.35 bits per heavy atom. The molecule has 1 aromatic rings. The molecule has 0 radical (unpaired) electrons. The molecule has 1 saturated carbocycles. The first-order valence-corrected chi connectivity index (χ1v) is 7.64. The molecule has 5 nitrogen and oxygen atoms in total. The van der Waals surface area contributed by atoms with Gasteiger partial charge in [-0.2, -0.15) is 5.10 Å². The minimum absolute atomic E-state index is 0.174. The molecular weight excluding hydrogens is 256 g/mol. The van der Waals surface area contributed by atoms with Gasteiger partial charge in [0, 0.05) is 6.54 Å². The average molecular weight is 282 g/mol. The molecule has 0 bridgehead atoms. The number of rotatable bonds is 6. The summed E-state index contributed by atoms with van der Waals surface area (Å²) in [5.41, 5.74) is 0.604. The minimum Gasteiger partial charge on any atom is -0.493 e. The molecule has 0 saturated heterocycles. The maximum Gasteiger partial charge on any atom is 0.162 e. The summed E-state index contributed by atoms with van der Waals surface area (Å²) in [7, 11) is 1.57. The number of aliphatic hydroxyl groups excluding tert-OH is 2. The third-order valence-corrected chi connectivity index (χ3v) is 4.24. The molecule has 5 heteroatoms. The van der Waals surface area contributed by atoms with Crippen LogP contribution < -0.4 is 4.74 Å². The Bertz CT molecular complexity index is 413. The van der Waals surface area contributed by atoms with E-state index < -0.39 is 12.2 Å². The van der Waals surface area contributed by atoms with Gasteiger partial charge in [0.1, 0.15) is 11.8 Å². The van der Waals surface area contributed by atoms with Gasteiger partial charge in [-0.1, -0.05) is 26.2 Å². The van der Waals surface area contributed by atoms with Gasteiger partial charge in [-0.25, -0.2) is 0 Å². The number of hydrogen-bond acceptors (Lipinski definition) is 4. The van der Waals surface area contributed by atoms with Gasteiger partial charge >= 0.3 is 0 Å². The number of aliphatic hydroxyl groups is 2. The van der Waals surface area contributed by atoms with Crippen LogP contribution in [0.4, 0.5) is 0 Å². The molecule has 1 aromatic heterocycles. The molecule has 1 aliphatic rings. The number of methoxy groups -OCH3 is 1. The van der Waals surface area contributed by atoms with Gasteiger partial charge in [-0.15, -0.1) is 0 Å². The normalized spacial score (nSPS) is 19.8.